The van der Waals surface area contributed by atoms with Gasteiger partial charge in [-0.3, -0.25) is 4.79 Å². The van der Waals surface area contributed by atoms with E-state index in [2.05, 4.69) is 10.6 Å². The number of carbonyl (C=O) groups excluding carboxylic acids is 2. The van der Waals surface area contributed by atoms with E-state index in [1.165, 1.54) is 17.0 Å². The molecule has 1 aromatic heterocycles. The second-order valence-electron chi connectivity index (χ2n) is 5.99. The molecule has 2 heterocycles. The number of hydrogen-bond acceptors (Lipinski definition) is 2. The maximum Gasteiger partial charge on any atom is 0.315 e. The van der Waals surface area contributed by atoms with Crippen molar-refractivity contribution < 1.29 is 18.4 Å². The number of fused-ring (bicyclic) bond motifs is 1. The predicted octanol–water partition coefficient (Wildman–Crippen LogP) is 2.02. The van der Waals surface area contributed by atoms with Crippen LogP contribution in [0.25, 0.3) is 0 Å². The van der Waals surface area contributed by atoms with Gasteiger partial charge in [-0.2, -0.15) is 0 Å². The van der Waals surface area contributed by atoms with Crippen LogP contribution in [0.5, 0.6) is 0 Å². The second kappa shape index (κ2) is 7.55. The van der Waals surface area contributed by atoms with Gasteiger partial charge in [-0.15, -0.1) is 0 Å². The zero-order valence-corrected chi connectivity index (χ0v) is 14.3. The van der Waals surface area contributed by atoms with Crippen LogP contribution >= 0.6 is 0 Å². The molecule has 26 heavy (non-hydrogen) atoms. The number of nitrogens with one attached hydrogen (secondary N) is 2. The molecule has 138 valence electrons. The zero-order chi connectivity index (χ0) is 18.7. The minimum absolute atomic E-state index is 0.203. The van der Waals surface area contributed by atoms with Gasteiger partial charge in [-0.25, -0.2) is 13.6 Å². The SMILES string of the molecule is CCNC(=O)NCC(=O)N1CCn2cccc2[C@@H]1c1ccc(F)cc1F. The molecule has 0 fully saturated rings. The molecule has 6 nitrogen and oxygen atoms in total. The lowest BCUT2D eigenvalue weighted by molar-refractivity contribution is -0.132. The Morgan fingerprint density at radius 3 is 2.73 bits per heavy atom. The Hall–Kier alpha value is -2.90. The van der Waals surface area contributed by atoms with Gasteiger partial charge in [0.25, 0.3) is 0 Å². The van der Waals surface area contributed by atoms with Crippen LogP contribution in [0.15, 0.2) is 36.5 Å². The van der Waals surface area contributed by atoms with Crippen LogP contribution in [0.2, 0.25) is 0 Å². The monoisotopic (exact) mass is 362 g/mol. The molecule has 0 radical (unpaired) electrons. The molecular formula is C18H20F2N4O2. The zero-order valence-electron chi connectivity index (χ0n) is 14.3. The van der Waals surface area contributed by atoms with Gasteiger partial charge in [-0.1, -0.05) is 6.07 Å². The van der Waals surface area contributed by atoms with Gasteiger partial charge >= 0.3 is 6.03 Å². The number of halogens is 2. The normalized spacial score (nSPS) is 16.1. The van der Waals surface area contributed by atoms with Gasteiger partial charge in [0.2, 0.25) is 5.91 Å². The molecule has 0 spiro atoms. The van der Waals surface area contributed by atoms with E-state index in [0.29, 0.717) is 19.6 Å². The van der Waals surface area contributed by atoms with Crippen molar-refractivity contribution in [1.82, 2.24) is 20.1 Å². The first kappa shape index (κ1) is 17.9. The standard InChI is InChI=1S/C18H20F2N4O2/c1-2-21-18(26)22-11-16(25)24-9-8-23-7-3-4-15(23)17(24)13-6-5-12(19)10-14(13)20/h3-7,10,17H,2,8-9,11H2,1H3,(H2,21,22,26)/t17-/m0/s1. The number of urea groups is 1. The van der Waals surface area contributed by atoms with Crippen molar-refractivity contribution in [2.45, 2.75) is 19.5 Å². The maximum atomic E-state index is 14.4. The van der Waals surface area contributed by atoms with E-state index in [-0.39, 0.29) is 18.0 Å². The van der Waals surface area contributed by atoms with E-state index in [9.17, 15) is 18.4 Å². The van der Waals surface area contributed by atoms with E-state index in [4.69, 9.17) is 0 Å². The molecule has 0 bridgehead atoms. The number of carbonyl (C=O) groups is 2. The first-order valence-electron chi connectivity index (χ1n) is 8.42. The van der Waals surface area contributed by atoms with Gasteiger partial charge in [0, 0.05) is 43.2 Å². The topological polar surface area (TPSA) is 66.4 Å². The van der Waals surface area contributed by atoms with Crippen molar-refractivity contribution in [2.24, 2.45) is 0 Å². The fraction of sp³-hybridized carbons (Fsp3) is 0.333. The van der Waals surface area contributed by atoms with Crippen molar-refractivity contribution in [3.05, 3.63) is 59.4 Å². The molecule has 2 aromatic rings. The fourth-order valence-electron chi connectivity index (χ4n) is 3.18. The molecule has 1 aliphatic rings. The highest BCUT2D eigenvalue weighted by Crippen LogP contribution is 2.34. The third kappa shape index (κ3) is 3.54. The van der Waals surface area contributed by atoms with Crippen LogP contribution in [-0.2, 0) is 11.3 Å². The molecule has 0 unspecified atom stereocenters. The highest BCUT2D eigenvalue weighted by Gasteiger charge is 2.33. The minimum atomic E-state index is -0.709. The highest BCUT2D eigenvalue weighted by atomic mass is 19.1. The molecule has 0 saturated carbocycles. The molecular weight excluding hydrogens is 342 g/mol. The Labute approximate surface area is 149 Å². The molecule has 8 heteroatoms. The van der Waals surface area contributed by atoms with E-state index in [1.54, 1.807) is 6.92 Å². The lowest BCUT2D eigenvalue weighted by Crippen LogP contribution is -2.48. The van der Waals surface area contributed by atoms with Crippen molar-refractivity contribution in [3.63, 3.8) is 0 Å². The average Bonchev–Trinajstić information content (AvgIpc) is 3.08. The summed E-state index contributed by atoms with van der Waals surface area (Å²) in [7, 11) is 0. The fourth-order valence-corrected chi connectivity index (χ4v) is 3.18. The second-order valence-corrected chi connectivity index (χ2v) is 5.99. The predicted molar refractivity (Wildman–Crippen MR) is 91.4 cm³/mol. The van der Waals surface area contributed by atoms with Crippen LogP contribution in [0, 0.1) is 11.6 Å². The Morgan fingerprint density at radius 1 is 1.19 bits per heavy atom. The number of amides is 3. The first-order chi connectivity index (χ1) is 12.5. The number of aromatic nitrogens is 1. The lowest BCUT2D eigenvalue weighted by Gasteiger charge is -2.37. The molecule has 2 N–H and O–H groups in total. The smallest absolute Gasteiger partial charge is 0.315 e. The Bertz CT molecular complexity index is 821. The van der Waals surface area contributed by atoms with Crippen LogP contribution in [-0.4, -0.2) is 41.0 Å². The molecule has 1 atom stereocenters. The summed E-state index contributed by atoms with van der Waals surface area (Å²) in [5.41, 5.74) is 0.963. The summed E-state index contributed by atoms with van der Waals surface area (Å²) in [5, 5.41) is 5.04. The number of rotatable bonds is 4. The highest BCUT2D eigenvalue weighted by molar-refractivity contribution is 5.84. The quantitative estimate of drug-likeness (QED) is 0.874. The van der Waals surface area contributed by atoms with E-state index < -0.39 is 23.7 Å². The minimum Gasteiger partial charge on any atom is -0.348 e. The summed E-state index contributed by atoms with van der Waals surface area (Å²) in [6, 6.07) is 5.86. The maximum absolute atomic E-state index is 14.4. The molecule has 3 amide bonds. The van der Waals surface area contributed by atoms with E-state index >= 15 is 0 Å². The lowest BCUT2D eigenvalue weighted by atomic mass is 9.99. The number of nitrogens with zero attached hydrogens (tertiary/aromatic N) is 2. The molecule has 1 aliphatic heterocycles. The Kier molecular flexibility index (Phi) is 5.20. The Balaban J connectivity index is 1.89. The van der Waals surface area contributed by atoms with Crippen LogP contribution in [0.4, 0.5) is 13.6 Å². The van der Waals surface area contributed by atoms with Gasteiger partial charge in [0.15, 0.2) is 0 Å². The van der Waals surface area contributed by atoms with Crippen molar-refractivity contribution in [2.75, 3.05) is 19.6 Å². The third-order valence-corrected chi connectivity index (χ3v) is 4.35. The molecule has 0 saturated heterocycles. The van der Waals surface area contributed by atoms with Crippen LogP contribution in [0.3, 0.4) is 0 Å². The molecule has 1 aromatic carbocycles. The van der Waals surface area contributed by atoms with Crippen molar-refractivity contribution in [1.29, 1.82) is 0 Å². The molecule has 0 aliphatic carbocycles. The van der Waals surface area contributed by atoms with Gasteiger partial charge < -0.3 is 20.1 Å². The van der Waals surface area contributed by atoms with E-state index in [0.717, 1.165) is 11.8 Å². The summed E-state index contributed by atoms with van der Waals surface area (Å²) in [5.74, 6) is -1.72. The largest absolute Gasteiger partial charge is 0.348 e. The summed E-state index contributed by atoms with van der Waals surface area (Å²) >= 11 is 0. The summed E-state index contributed by atoms with van der Waals surface area (Å²) in [6.45, 7) is 2.94. The summed E-state index contributed by atoms with van der Waals surface area (Å²) < 4.78 is 29.7. The van der Waals surface area contributed by atoms with Crippen LogP contribution < -0.4 is 10.6 Å². The summed E-state index contributed by atoms with van der Waals surface area (Å²) in [6.07, 6.45) is 1.86. The molecule has 3 rings (SSSR count). The van der Waals surface area contributed by atoms with Gasteiger partial charge in [-0.05, 0) is 25.1 Å². The van der Waals surface area contributed by atoms with Crippen molar-refractivity contribution in [3.8, 4) is 0 Å². The third-order valence-electron chi connectivity index (χ3n) is 4.35. The van der Waals surface area contributed by atoms with E-state index in [1.807, 2.05) is 22.9 Å². The van der Waals surface area contributed by atoms with Gasteiger partial charge in [0.05, 0.1) is 6.54 Å². The number of hydrogen-bond donors (Lipinski definition) is 2. The summed E-state index contributed by atoms with van der Waals surface area (Å²) in [4.78, 5) is 25.7. The van der Waals surface area contributed by atoms with Gasteiger partial charge in [0.1, 0.15) is 17.7 Å². The average molecular weight is 362 g/mol. The van der Waals surface area contributed by atoms with Crippen LogP contribution in [0.1, 0.15) is 24.2 Å². The Morgan fingerprint density at radius 2 is 2.00 bits per heavy atom. The van der Waals surface area contributed by atoms with Crippen molar-refractivity contribution >= 4 is 11.9 Å². The first-order valence-corrected chi connectivity index (χ1v) is 8.42. The number of benzene rings is 1.